The second-order valence-electron chi connectivity index (χ2n) is 5.71. The molecule has 0 bridgehead atoms. The Labute approximate surface area is 122 Å². The fraction of sp³-hybridized carbons (Fsp3) is 0.647. The highest BCUT2D eigenvalue weighted by Crippen LogP contribution is 2.36. The van der Waals surface area contributed by atoms with E-state index in [4.69, 9.17) is 4.74 Å². The van der Waals surface area contributed by atoms with Crippen LogP contribution < -0.4 is 10.1 Å². The van der Waals surface area contributed by atoms with Crippen molar-refractivity contribution < 1.29 is 9.84 Å². The Balaban J connectivity index is 1.95. The second kappa shape index (κ2) is 7.65. The van der Waals surface area contributed by atoms with E-state index in [1.165, 1.54) is 6.42 Å². The number of hydrogen-bond acceptors (Lipinski definition) is 3. The molecule has 2 rings (SSSR count). The molecule has 112 valence electrons. The Morgan fingerprint density at radius 2 is 2.05 bits per heavy atom. The first-order valence-corrected chi connectivity index (χ1v) is 7.84. The zero-order valence-electron chi connectivity index (χ0n) is 12.6. The minimum absolute atomic E-state index is 0.326. The smallest absolute Gasteiger partial charge is 0.119 e. The Morgan fingerprint density at radius 3 is 2.70 bits per heavy atom. The minimum Gasteiger partial charge on any atom is -0.494 e. The van der Waals surface area contributed by atoms with Crippen LogP contribution in [0, 0.1) is 5.92 Å². The van der Waals surface area contributed by atoms with Gasteiger partial charge in [-0.15, -0.1) is 0 Å². The summed E-state index contributed by atoms with van der Waals surface area (Å²) in [5.41, 5.74) is 1.000. The lowest BCUT2D eigenvalue weighted by Gasteiger charge is -2.25. The van der Waals surface area contributed by atoms with E-state index in [0.717, 1.165) is 43.6 Å². The quantitative estimate of drug-likeness (QED) is 0.751. The van der Waals surface area contributed by atoms with Gasteiger partial charge < -0.3 is 15.2 Å². The third-order valence-electron chi connectivity index (χ3n) is 4.33. The van der Waals surface area contributed by atoms with Crippen molar-refractivity contribution in [1.82, 2.24) is 5.32 Å². The molecule has 0 radical (unpaired) electrons. The molecule has 3 nitrogen and oxygen atoms in total. The summed E-state index contributed by atoms with van der Waals surface area (Å²) in [5, 5.41) is 13.9. The fourth-order valence-electron chi connectivity index (χ4n) is 3.07. The van der Waals surface area contributed by atoms with Gasteiger partial charge in [-0.3, -0.25) is 0 Å². The molecule has 3 unspecified atom stereocenters. The van der Waals surface area contributed by atoms with Gasteiger partial charge in [0.2, 0.25) is 0 Å². The van der Waals surface area contributed by atoms with Gasteiger partial charge in [-0.25, -0.2) is 0 Å². The highest BCUT2D eigenvalue weighted by Gasteiger charge is 2.32. The van der Waals surface area contributed by atoms with E-state index >= 15 is 0 Å². The van der Waals surface area contributed by atoms with Crippen LogP contribution in [0.3, 0.4) is 0 Å². The number of rotatable bonds is 7. The average molecular weight is 277 g/mol. The predicted molar refractivity (Wildman–Crippen MR) is 82.0 cm³/mol. The second-order valence-corrected chi connectivity index (χ2v) is 5.71. The number of aliphatic hydroxyl groups excluding tert-OH is 1. The number of aliphatic hydroxyl groups is 1. The molecular formula is C17H27NO2. The molecule has 20 heavy (non-hydrogen) atoms. The van der Waals surface area contributed by atoms with Crippen LogP contribution in [-0.2, 0) is 0 Å². The van der Waals surface area contributed by atoms with Crippen molar-refractivity contribution in [3.05, 3.63) is 29.8 Å². The van der Waals surface area contributed by atoms with Gasteiger partial charge in [-0.2, -0.15) is 0 Å². The van der Waals surface area contributed by atoms with Gasteiger partial charge in [0.1, 0.15) is 5.75 Å². The van der Waals surface area contributed by atoms with Crippen molar-refractivity contribution in [2.75, 3.05) is 13.7 Å². The lowest BCUT2D eigenvalue weighted by molar-refractivity contribution is 0.0970. The van der Waals surface area contributed by atoms with Crippen LogP contribution in [0.4, 0.5) is 0 Å². The molecule has 1 aromatic carbocycles. The molecule has 0 spiro atoms. The van der Waals surface area contributed by atoms with Crippen LogP contribution in [-0.4, -0.2) is 24.8 Å². The molecule has 1 aromatic rings. The average Bonchev–Trinajstić information content (AvgIpc) is 2.96. The van der Waals surface area contributed by atoms with Crippen molar-refractivity contribution in [2.45, 2.75) is 51.2 Å². The number of ether oxygens (including phenoxy) is 1. The summed E-state index contributed by atoms with van der Waals surface area (Å²) < 4.78 is 5.65. The first-order valence-electron chi connectivity index (χ1n) is 7.84. The molecule has 0 saturated heterocycles. The van der Waals surface area contributed by atoms with Crippen molar-refractivity contribution in [1.29, 1.82) is 0 Å². The van der Waals surface area contributed by atoms with Gasteiger partial charge in [0.15, 0.2) is 0 Å². The molecule has 1 fully saturated rings. The zero-order valence-corrected chi connectivity index (χ0v) is 12.6. The Bertz CT molecular complexity index is 390. The van der Waals surface area contributed by atoms with E-state index in [9.17, 15) is 5.11 Å². The van der Waals surface area contributed by atoms with Gasteiger partial charge in [-0.05, 0) is 44.0 Å². The summed E-state index contributed by atoms with van der Waals surface area (Å²) in [4.78, 5) is 0. The van der Waals surface area contributed by atoms with E-state index in [2.05, 4.69) is 12.2 Å². The lowest BCUT2D eigenvalue weighted by Crippen LogP contribution is -2.32. The van der Waals surface area contributed by atoms with E-state index in [0.29, 0.717) is 12.0 Å². The molecule has 0 aliphatic heterocycles. The third-order valence-corrected chi connectivity index (χ3v) is 4.33. The van der Waals surface area contributed by atoms with Crippen LogP contribution in [0.15, 0.2) is 24.3 Å². The molecular weight excluding hydrogens is 250 g/mol. The van der Waals surface area contributed by atoms with Crippen LogP contribution in [0.2, 0.25) is 0 Å². The monoisotopic (exact) mass is 277 g/mol. The summed E-state index contributed by atoms with van der Waals surface area (Å²) >= 11 is 0. The van der Waals surface area contributed by atoms with E-state index in [-0.39, 0.29) is 6.10 Å². The van der Waals surface area contributed by atoms with Crippen molar-refractivity contribution in [3.8, 4) is 5.75 Å². The van der Waals surface area contributed by atoms with Gasteiger partial charge >= 0.3 is 0 Å². The summed E-state index contributed by atoms with van der Waals surface area (Å²) in [5.74, 6) is 1.22. The SMILES string of the molecule is CCCCOc1ccc(C(O)C2CCCC2NC)cc1. The standard InChI is InChI=1S/C17H27NO2/c1-3-4-12-20-14-10-8-13(9-11-14)17(19)15-6-5-7-16(15)18-2/h8-11,15-19H,3-7,12H2,1-2H3. The van der Waals surface area contributed by atoms with Crippen LogP contribution in [0.1, 0.15) is 50.7 Å². The van der Waals surface area contributed by atoms with Crippen LogP contribution in [0.5, 0.6) is 5.75 Å². The molecule has 0 aromatic heterocycles. The minimum atomic E-state index is -0.375. The fourth-order valence-corrected chi connectivity index (χ4v) is 3.07. The summed E-state index contributed by atoms with van der Waals surface area (Å²) in [6.45, 7) is 2.92. The van der Waals surface area contributed by atoms with Crippen molar-refractivity contribution >= 4 is 0 Å². The van der Waals surface area contributed by atoms with Crippen LogP contribution >= 0.6 is 0 Å². The maximum atomic E-state index is 10.5. The number of hydrogen-bond donors (Lipinski definition) is 2. The summed E-state index contributed by atoms with van der Waals surface area (Å²) in [6, 6.07) is 8.37. The Kier molecular flexibility index (Phi) is 5.86. The van der Waals surface area contributed by atoms with Crippen LogP contribution in [0.25, 0.3) is 0 Å². The first-order chi connectivity index (χ1) is 9.76. The molecule has 1 aliphatic carbocycles. The third kappa shape index (κ3) is 3.74. The number of nitrogens with one attached hydrogen (secondary N) is 1. The number of benzene rings is 1. The Hall–Kier alpha value is -1.06. The molecule has 3 atom stereocenters. The van der Waals surface area contributed by atoms with Gasteiger partial charge in [0, 0.05) is 12.0 Å². The largest absolute Gasteiger partial charge is 0.494 e. The Morgan fingerprint density at radius 1 is 1.30 bits per heavy atom. The first kappa shape index (κ1) is 15.3. The normalized spacial score (nSPS) is 23.8. The number of unbranched alkanes of at least 4 members (excludes halogenated alkanes) is 1. The molecule has 0 heterocycles. The maximum Gasteiger partial charge on any atom is 0.119 e. The van der Waals surface area contributed by atoms with Crippen molar-refractivity contribution in [2.24, 2.45) is 5.92 Å². The predicted octanol–water partition coefficient (Wildman–Crippen LogP) is 3.29. The molecule has 0 amide bonds. The summed E-state index contributed by atoms with van der Waals surface area (Å²) in [7, 11) is 1.99. The zero-order chi connectivity index (χ0) is 14.4. The van der Waals surface area contributed by atoms with Gasteiger partial charge in [0.25, 0.3) is 0 Å². The van der Waals surface area contributed by atoms with E-state index < -0.39 is 0 Å². The highest BCUT2D eigenvalue weighted by molar-refractivity contribution is 5.29. The molecule has 2 N–H and O–H groups in total. The highest BCUT2D eigenvalue weighted by atomic mass is 16.5. The van der Waals surface area contributed by atoms with E-state index in [1.807, 2.05) is 31.3 Å². The topological polar surface area (TPSA) is 41.5 Å². The lowest BCUT2D eigenvalue weighted by atomic mass is 9.91. The van der Waals surface area contributed by atoms with Gasteiger partial charge in [-0.1, -0.05) is 31.9 Å². The van der Waals surface area contributed by atoms with Gasteiger partial charge in [0.05, 0.1) is 12.7 Å². The molecule has 3 heteroatoms. The maximum absolute atomic E-state index is 10.5. The summed E-state index contributed by atoms with van der Waals surface area (Å²) in [6.07, 6.45) is 5.31. The molecule has 1 aliphatic rings. The molecule has 1 saturated carbocycles. The van der Waals surface area contributed by atoms with E-state index in [1.54, 1.807) is 0 Å². The van der Waals surface area contributed by atoms with Crippen molar-refractivity contribution in [3.63, 3.8) is 0 Å².